The lowest BCUT2D eigenvalue weighted by Crippen LogP contribution is -2.42. The van der Waals surface area contributed by atoms with Gasteiger partial charge < -0.3 is 10.2 Å². The standard InChI is InChI=1S/C13H28N2/c1-4-13(3,5-2)14-9-8-12-15-10-6-7-11-15/h14H,4-12H2,1-3H3. The van der Waals surface area contributed by atoms with Crippen LogP contribution in [0.2, 0.25) is 0 Å². The van der Waals surface area contributed by atoms with Gasteiger partial charge in [-0.25, -0.2) is 0 Å². The van der Waals surface area contributed by atoms with Crippen LogP contribution in [0.5, 0.6) is 0 Å². The lowest BCUT2D eigenvalue weighted by atomic mass is 9.95. The van der Waals surface area contributed by atoms with E-state index in [9.17, 15) is 0 Å². The Balaban J connectivity index is 2.04. The molecule has 1 saturated heterocycles. The molecule has 0 aromatic rings. The molecule has 0 saturated carbocycles. The minimum atomic E-state index is 0.366. The number of hydrogen-bond acceptors (Lipinski definition) is 2. The summed E-state index contributed by atoms with van der Waals surface area (Å²) in [5.41, 5.74) is 0.366. The van der Waals surface area contributed by atoms with E-state index in [2.05, 4.69) is 31.0 Å². The summed E-state index contributed by atoms with van der Waals surface area (Å²) in [6.45, 7) is 12.0. The molecule has 0 spiro atoms. The number of nitrogens with zero attached hydrogens (tertiary/aromatic N) is 1. The molecule has 0 aliphatic carbocycles. The molecule has 1 heterocycles. The molecule has 0 radical (unpaired) electrons. The van der Waals surface area contributed by atoms with Crippen LogP contribution in [0.4, 0.5) is 0 Å². The summed E-state index contributed by atoms with van der Waals surface area (Å²) in [6, 6.07) is 0. The van der Waals surface area contributed by atoms with Crippen molar-refractivity contribution in [3.63, 3.8) is 0 Å². The quantitative estimate of drug-likeness (QED) is 0.653. The van der Waals surface area contributed by atoms with Crippen LogP contribution in [0.3, 0.4) is 0 Å². The van der Waals surface area contributed by atoms with Gasteiger partial charge in [0.05, 0.1) is 0 Å². The van der Waals surface area contributed by atoms with Gasteiger partial charge in [0.15, 0.2) is 0 Å². The molecule has 1 N–H and O–H groups in total. The molecule has 2 heteroatoms. The maximum absolute atomic E-state index is 3.69. The van der Waals surface area contributed by atoms with Gasteiger partial charge in [-0.2, -0.15) is 0 Å². The van der Waals surface area contributed by atoms with E-state index in [1.54, 1.807) is 0 Å². The van der Waals surface area contributed by atoms with Crippen molar-refractivity contribution in [1.29, 1.82) is 0 Å². The fourth-order valence-electron chi connectivity index (χ4n) is 2.20. The topological polar surface area (TPSA) is 15.3 Å². The van der Waals surface area contributed by atoms with Gasteiger partial charge in [-0.05, 0) is 65.2 Å². The van der Waals surface area contributed by atoms with E-state index in [1.165, 1.54) is 58.3 Å². The zero-order valence-electron chi connectivity index (χ0n) is 10.8. The number of hydrogen-bond donors (Lipinski definition) is 1. The number of rotatable bonds is 7. The Hall–Kier alpha value is -0.0800. The first kappa shape index (κ1) is 13.0. The Kier molecular flexibility index (Phi) is 5.62. The molecule has 1 rings (SSSR count). The van der Waals surface area contributed by atoms with E-state index in [0.717, 1.165) is 0 Å². The van der Waals surface area contributed by atoms with Crippen molar-refractivity contribution in [2.45, 2.75) is 58.4 Å². The Morgan fingerprint density at radius 1 is 1.13 bits per heavy atom. The van der Waals surface area contributed by atoms with Crippen molar-refractivity contribution < 1.29 is 0 Å². The highest BCUT2D eigenvalue weighted by Gasteiger charge is 2.18. The first-order chi connectivity index (χ1) is 7.20. The fourth-order valence-corrected chi connectivity index (χ4v) is 2.20. The summed E-state index contributed by atoms with van der Waals surface area (Å²) < 4.78 is 0. The zero-order valence-corrected chi connectivity index (χ0v) is 10.8. The molecule has 1 aliphatic heterocycles. The molecule has 0 bridgehead atoms. The van der Waals surface area contributed by atoms with E-state index >= 15 is 0 Å². The molecule has 2 nitrogen and oxygen atoms in total. The summed E-state index contributed by atoms with van der Waals surface area (Å²) in [6.07, 6.45) is 6.58. The summed E-state index contributed by atoms with van der Waals surface area (Å²) in [7, 11) is 0. The second kappa shape index (κ2) is 6.49. The average molecular weight is 212 g/mol. The second-order valence-electron chi connectivity index (χ2n) is 5.10. The first-order valence-electron chi connectivity index (χ1n) is 6.67. The monoisotopic (exact) mass is 212 g/mol. The third-order valence-electron chi connectivity index (χ3n) is 3.96. The van der Waals surface area contributed by atoms with Crippen molar-refractivity contribution in [2.24, 2.45) is 0 Å². The van der Waals surface area contributed by atoms with Crippen molar-refractivity contribution >= 4 is 0 Å². The van der Waals surface area contributed by atoms with Gasteiger partial charge in [0.2, 0.25) is 0 Å². The van der Waals surface area contributed by atoms with Crippen molar-refractivity contribution in [2.75, 3.05) is 26.2 Å². The Morgan fingerprint density at radius 2 is 1.73 bits per heavy atom. The van der Waals surface area contributed by atoms with Crippen LogP contribution in [-0.2, 0) is 0 Å². The second-order valence-corrected chi connectivity index (χ2v) is 5.10. The molecular formula is C13H28N2. The normalized spacial score (nSPS) is 18.6. The summed E-state index contributed by atoms with van der Waals surface area (Å²) in [5, 5.41) is 3.69. The lowest BCUT2D eigenvalue weighted by Gasteiger charge is -2.28. The third kappa shape index (κ3) is 4.52. The molecule has 90 valence electrons. The maximum atomic E-state index is 3.69. The van der Waals surface area contributed by atoms with Gasteiger partial charge in [0, 0.05) is 5.54 Å². The largest absolute Gasteiger partial charge is 0.311 e. The molecule has 1 aliphatic rings. The minimum Gasteiger partial charge on any atom is -0.311 e. The molecular weight excluding hydrogens is 184 g/mol. The Morgan fingerprint density at radius 3 is 2.27 bits per heavy atom. The molecule has 1 fully saturated rings. The van der Waals surface area contributed by atoms with Crippen LogP contribution in [0.25, 0.3) is 0 Å². The van der Waals surface area contributed by atoms with Gasteiger partial charge in [0.1, 0.15) is 0 Å². The number of nitrogens with one attached hydrogen (secondary N) is 1. The minimum absolute atomic E-state index is 0.366. The van der Waals surface area contributed by atoms with Crippen LogP contribution in [0.1, 0.15) is 52.9 Å². The zero-order chi connectivity index (χ0) is 11.1. The summed E-state index contributed by atoms with van der Waals surface area (Å²) in [5.74, 6) is 0. The highest BCUT2D eigenvalue weighted by atomic mass is 15.1. The molecule has 15 heavy (non-hydrogen) atoms. The van der Waals surface area contributed by atoms with Crippen LogP contribution >= 0.6 is 0 Å². The first-order valence-corrected chi connectivity index (χ1v) is 6.67. The molecule has 0 aromatic carbocycles. The predicted molar refractivity (Wildman–Crippen MR) is 67.3 cm³/mol. The summed E-state index contributed by atoms with van der Waals surface area (Å²) in [4.78, 5) is 2.59. The average Bonchev–Trinajstić information content (AvgIpc) is 2.77. The van der Waals surface area contributed by atoms with E-state index in [0.29, 0.717) is 5.54 Å². The SMILES string of the molecule is CCC(C)(CC)NCCCN1CCCC1. The Labute approximate surface area is 95.4 Å². The van der Waals surface area contributed by atoms with Crippen molar-refractivity contribution in [3.8, 4) is 0 Å². The van der Waals surface area contributed by atoms with Gasteiger partial charge in [-0.3, -0.25) is 0 Å². The Bertz CT molecular complexity index is 158. The number of likely N-dealkylation sites (tertiary alicyclic amines) is 1. The van der Waals surface area contributed by atoms with Crippen LogP contribution in [0, 0.1) is 0 Å². The maximum Gasteiger partial charge on any atom is 0.0148 e. The highest BCUT2D eigenvalue weighted by Crippen LogP contribution is 2.13. The predicted octanol–water partition coefficient (Wildman–Crippen LogP) is 2.64. The van der Waals surface area contributed by atoms with Crippen molar-refractivity contribution in [3.05, 3.63) is 0 Å². The highest BCUT2D eigenvalue weighted by molar-refractivity contribution is 4.79. The smallest absolute Gasteiger partial charge is 0.0148 e. The van der Waals surface area contributed by atoms with Crippen LogP contribution < -0.4 is 5.32 Å². The summed E-state index contributed by atoms with van der Waals surface area (Å²) >= 11 is 0. The third-order valence-corrected chi connectivity index (χ3v) is 3.96. The molecule has 0 atom stereocenters. The molecule has 0 aromatic heterocycles. The van der Waals surface area contributed by atoms with E-state index in [4.69, 9.17) is 0 Å². The van der Waals surface area contributed by atoms with E-state index in [1.807, 2.05) is 0 Å². The fraction of sp³-hybridized carbons (Fsp3) is 1.00. The van der Waals surface area contributed by atoms with Crippen molar-refractivity contribution in [1.82, 2.24) is 10.2 Å². The molecule has 0 amide bonds. The van der Waals surface area contributed by atoms with Gasteiger partial charge >= 0.3 is 0 Å². The lowest BCUT2D eigenvalue weighted by molar-refractivity contribution is 0.297. The molecule has 0 unspecified atom stereocenters. The van der Waals surface area contributed by atoms with Crippen LogP contribution in [0.15, 0.2) is 0 Å². The van der Waals surface area contributed by atoms with E-state index < -0.39 is 0 Å². The van der Waals surface area contributed by atoms with Gasteiger partial charge in [-0.1, -0.05) is 13.8 Å². The van der Waals surface area contributed by atoms with E-state index in [-0.39, 0.29) is 0 Å². The van der Waals surface area contributed by atoms with Gasteiger partial charge in [-0.15, -0.1) is 0 Å². The van der Waals surface area contributed by atoms with Gasteiger partial charge in [0.25, 0.3) is 0 Å². The van der Waals surface area contributed by atoms with Crippen LogP contribution in [-0.4, -0.2) is 36.6 Å².